The summed E-state index contributed by atoms with van der Waals surface area (Å²) in [6.07, 6.45) is 11.9. The number of likely N-dealkylation sites (tertiary alicyclic amines) is 1. The van der Waals surface area contributed by atoms with Gasteiger partial charge in [-0.15, -0.1) is 0 Å². The molecule has 1 saturated heterocycles. The maximum atomic E-state index is 12.5. The standard InChI is InChI=1S/C18H21N3O/c22-18(13-16-3-1-9-20-14-16)21-12-2-4-17(21)6-5-15-7-10-19-11-8-15/h1,3,7-11,14,17H,2,4-6,12-13H2/t17-/m1/s1. The van der Waals surface area contributed by atoms with E-state index >= 15 is 0 Å². The summed E-state index contributed by atoms with van der Waals surface area (Å²) < 4.78 is 0. The van der Waals surface area contributed by atoms with Crippen LogP contribution >= 0.6 is 0 Å². The van der Waals surface area contributed by atoms with Gasteiger partial charge in [0.1, 0.15) is 0 Å². The minimum atomic E-state index is 0.227. The Morgan fingerprint density at radius 3 is 2.77 bits per heavy atom. The van der Waals surface area contributed by atoms with Crippen molar-refractivity contribution in [3.8, 4) is 0 Å². The van der Waals surface area contributed by atoms with Crippen molar-refractivity contribution in [2.75, 3.05) is 6.54 Å². The molecule has 0 spiro atoms. The lowest BCUT2D eigenvalue weighted by Crippen LogP contribution is -2.36. The molecule has 2 aromatic heterocycles. The highest BCUT2D eigenvalue weighted by molar-refractivity contribution is 5.79. The van der Waals surface area contributed by atoms with E-state index in [1.165, 1.54) is 5.56 Å². The van der Waals surface area contributed by atoms with Crippen LogP contribution in [0.15, 0.2) is 49.1 Å². The second kappa shape index (κ2) is 7.16. The van der Waals surface area contributed by atoms with Crippen molar-refractivity contribution in [1.82, 2.24) is 14.9 Å². The zero-order valence-corrected chi connectivity index (χ0v) is 12.7. The lowest BCUT2D eigenvalue weighted by molar-refractivity contribution is -0.131. The quantitative estimate of drug-likeness (QED) is 0.852. The van der Waals surface area contributed by atoms with E-state index in [9.17, 15) is 4.79 Å². The molecule has 2 aromatic rings. The Labute approximate surface area is 131 Å². The van der Waals surface area contributed by atoms with Crippen molar-refractivity contribution in [3.63, 3.8) is 0 Å². The van der Waals surface area contributed by atoms with E-state index in [1.54, 1.807) is 12.4 Å². The number of carbonyl (C=O) groups is 1. The Hall–Kier alpha value is -2.23. The summed E-state index contributed by atoms with van der Waals surface area (Å²) in [5.74, 6) is 0.227. The molecule has 0 saturated carbocycles. The van der Waals surface area contributed by atoms with Gasteiger partial charge in [0, 0.05) is 37.4 Å². The molecule has 0 aromatic carbocycles. The number of rotatable bonds is 5. The normalized spacial score (nSPS) is 17.6. The third-order valence-corrected chi connectivity index (χ3v) is 4.29. The Morgan fingerprint density at radius 1 is 1.14 bits per heavy atom. The zero-order valence-electron chi connectivity index (χ0n) is 12.7. The van der Waals surface area contributed by atoms with Gasteiger partial charge in [0.15, 0.2) is 0 Å². The van der Waals surface area contributed by atoms with Crippen molar-refractivity contribution in [2.24, 2.45) is 0 Å². The first-order valence-electron chi connectivity index (χ1n) is 7.90. The fourth-order valence-corrected chi connectivity index (χ4v) is 3.13. The summed E-state index contributed by atoms with van der Waals surface area (Å²) >= 11 is 0. The van der Waals surface area contributed by atoms with Crippen molar-refractivity contribution >= 4 is 5.91 Å². The largest absolute Gasteiger partial charge is 0.339 e. The van der Waals surface area contributed by atoms with Gasteiger partial charge in [-0.3, -0.25) is 14.8 Å². The highest BCUT2D eigenvalue weighted by atomic mass is 16.2. The van der Waals surface area contributed by atoms with E-state index < -0.39 is 0 Å². The van der Waals surface area contributed by atoms with Gasteiger partial charge in [-0.2, -0.15) is 0 Å². The number of pyridine rings is 2. The summed E-state index contributed by atoms with van der Waals surface area (Å²) in [6.45, 7) is 0.889. The van der Waals surface area contributed by atoms with Crippen LogP contribution in [0.1, 0.15) is 30.4 Å². The van der Waals surface area contributed by atoms with Crippen LogP contribution in [0.3, 0.4) is 0 Å². The summed E-state index contributed by atoms with van der Waals surface area (Å²) in [6, 6.07) is 8.32. The lowest BCUT2D eigenvalue weighted by atomic mass is 10.0. The summed E-state index contributed by atoms with van der Waals surface area (Å²) in [4.78, 5) is 22.7. The first-order valence-corrected chi connectivity index (χ1v) is 7.90. The molecular weight excluding hydrogens is 274 g/mol. The molecule has 1 fully saturated rings. The van der Waals surface area contributed by atoms with Crippen LogP contribution in [0, 0.1) is 0 Å². The van der Waals surface area contributed by atoms with Gasteiger partial charge in [0.05, 0.1) is 6.42 Å². The first-order chi connectivity index (χ1) is 10.8. The molecule has 3 heterocycles. The average molecular weight is 295 g/mol. The van der Waals surface area contributed by atoms with Crippen LogP contribution in [-0.2, 0) is 17.6 Å². The number of hydrogen-bond acceptors (Lipinski definition) is 3. The molecule has 1 amide bonds. The maximum absolute atomic E-state index is 12.5. The van der Waals surface area contributed by atoms with E-state index in [1.807, 2.05) is 24.5 Å². The van der Waals surface area contributed by atoms with Crippen LogP contribution in [0.2, 0.25) is 0 Å². The molecule has 0 radical (unpaired) electrons. The summed E-state index contributed by atoms with van der Waals surface area (Å²) in [5, 5.41) is 0. The minimum Gasteiger partial charge on any atom is -0.339 e. The van der Waals surface area contributed by atoms with Crippen LogP contribution < -0.4 is 0 Å². The summed E-state index contributed by atoms with van der Waals surface area (Å²) in [7, 11) is 0. The van der Waals surface area contributed by atoms with E-state index in [-0.39, 0.29) is 5.91 Å². The molecule has 0 N–H and O–H groups in total. The Bertz CT molecular complexity index is 600. The fraction of sp³-hybridized carbons (Fsp3) is 0.389. The monoisotopic (exact) mass is 295 g/mol. The van der Waals surface area contributed by atoms with Crippen molar-refractivity contribution < 1.29 is 4.79 Å². The highest BCUT2D eigenvalue weighted by Crippen LogP contribution is 2.22. The fourth-order valence-electron chi connectivity index (χ4n) is 3.13. The molecule has 114 valence electrons. The van der Waals surface area contributed by atoms with E-state index in [4.69, 9.17) is 0 Å². The molecule has 1 aliphatic heterocycles. The molecule has 22 heavy (non-hydrogen) atoms. The SMILES string of the molecule is O=C(Cc1cccnc1)N1CCC[C@@H]1CCc1ccncc1. The minimum absolute atomic E-state index is 0.227. The Kier molecular flexibility index (Phi) is 4.78. The predicted octanol–water partition coefficient (Wildman–Crippen LogP) is 2.64. The van der Waals surface area contributed by atoms with Crippen LogP contribution in [0.5, 0.6) is 0 Å². The molecular formula is C18H21N3O. The number of hydrogen-bond donors (Lipinski definition) is 0. The first kappa shape index (κ1) is 14.7. The summed E-state index contributed by atoms with van der Waals surface area (Å²) in [5.41, 5.74) is 2.29. The Balaban J connectivity index is 1.57. The van der Waals surface area contributed by atoms with Gasteiger partial charge in [-0.1, -0.05) is 6.07 Å². The van der Waals surface area contributed by atoms with Gasteiger partial charge >= 0.3 is 0 Å². The van der Waals surface area contributed by atoms with Gasteiger partial charge in [0.2, 0.25) is 5.91 Å². The van der Waals surface area contributed by atoms with Gasteiger partial charge in [0.25, 0.3) is 0 Å². The van der Waals surface area contributed by atoms with Crippen molar-refractivity contribution in [1.29, 1.82) is 0 Å². The average Bonchev–Trinajstić information content (AvgIpc) is 3.03. The lowest BCUT2D eigenvalue weighted by Gasteiger charge is -2.25. The number of carbonyl (C=O) groups excluding carboxylic acids is 1. The van der Waals surface area contributed by atoms with E-state index in [0.29, 0.717) is 12.5 Å². The number of aryl methyl sites for hydroxylation is 1. The van der Waals surface area contributed by atoms with Crippen LogP contribution in [-0.4, -0.2) is 33.4 Å². The third kappa shape index (κ3) is 3.70. The molecule has 0 unspecified atom stereocenters. The number of nitrogens with zero attached hydrogens (tertiary/aromatic N) is 3. The topological polar surface area (TPSA) is 46.1 Å². The molecule has 4 nitrogen and oxygen atoms in total. The third-order valence-electron chi connectivity index (χ3n) is 4.29. The van der Waals surface area contributed by atoms with Gasteiger partial charge in [-0.05, 0) is 55.0 Å². The molecule has 1 aliphatic rings. The smallest absolute Gasteiger partial charge is 0.227 e. The van der Waals surface area contributed by atoms with E-state index in [2.05, 4.69) is 27.0 Å². The highest BCUT2D eigenvalue weighted by Gasteiger charge is 2.28. The van der Waals surface area contributed by atoms with E-state index in [0.717, 1.165) is 37.8 Å². The van der Waals surface area contributed by atoms with Gasteiger partial charge in [-0.25, -0.2) is 0 Å². The Morgan fingerprint density at radius 2 is 2.00 bits per heavy atom. The molecule has 3 rings (SSSR count). The van der Waals surface area contributed by atoms with Crippen molar-refractivity contribution in [3.05, 3.63) is 60.2 Å². The number of aromatic nitrogens is 2. The second-order valence-electron chi connectivity index (χ2n) is 5.82. The molecule has 1 atom stereocenters. The number of amides is 1. The predicted molar refractivity (Wildman–Crippen MR) is 85.2 cm³/mol. The van der Waals surface area contributed by atoms with Crippen molar-refractivity contribution in [2.45, 2.75) is 38.1 Å². The molecule has 0 bridgehead atoms. The molecule has 0 aliphatic carbocycles. The second-order valence-corrected chi connectivity index (χ2v) is 5.82. The van der Waals surface area contributed by atoms with Crippen LogP contribution in [0.4, 0.5) is 0 Å². The maximum Gasteiger partial charge on any atom is 0.227 e. The van der Waals surface area contributed by atoms with Crippen LogP contribution in [0.25, 0.3) is 0 Å². The zero-order chi connectivity index (χ0) is 15.2. The van der Waals surface area contributed by atoms with Gasteiger partial charge < -0.3 is 4.90 Å². The molecule has 4 heteroatoms.